The van der Waals surface area contributed by atoms with E-state index in [1.165, 1.54) is 11.6 Å². The van der Waals surface area contributed by atoms with Gasteiger partial charge in [0.15, 0.2) is 0 Å². The number of aliphatic imine (C=N–C) groups is 1. The highest BCUT2D eigenvalue weighted by Crippen LogP contribution is 2.19. The summed E-state index contributed by atoms with van der Waals surface area (Å²) in [7, 11) is 0. The fraction of sp³-hybridized carbons (Fsp3) is 0.0625. The van der Waals surface area contributed by atoms with Crippen molar-refractivity contribution in [3.05, 3.63) is 65.0 Å². The quantitative estimate of drug-likeness (QED) is 0.432. The Morgan fingerprint density at radius 1 is 1.05 bits per heavy atom. The molecule has 0 bridgehead atoms. The molecule has 0 unspecified atom stereocenters. The molecule has 0 heterocycles. The topological polar surface area (TPSA) is 12.4 Å². The second-order valence-electron chi connectivity index (χ2n) is 4.16. The summed E-state index contributed by atoms with van der Waals surface area (Å²) in [5.41, 5.74) is 3.28. The van der Waals surface area contributed by atoms with Gasteiger partial charge in [0.25, 0.3) is 0 Å². The van der Waals surface area contributed by atoms with Crippen LogP contribution in [0.3, 0.4) is 0 Å². The van der Waals surface area contributed by atoms with Gasteiger partial charge < -0.3 is 0 Å². The van der Waals surface area contributed by atoms with Crippen LogP contribution >= 0.6 is 12.2 Å². The van der Waals surface area contributed by atoms with Gasteiger partial charge in [0, 0.05) is 0 Å². The molecule has 0 saturated heterocycles. The molecule has 3 heteroatoms. The summed E-state index contributed by atoms with van der Waals surface area (Å²) in [5, 5.41) is 2.16. The first kappa shape index (κ1) is 13.3. The molecular weight excluding hydrogens is 257 g/mol. The largest absolute Gasteiger partial charge is 0.205 e. The molecule has 2 aromatic rings. The number of halogens is 1. The minimum absolute atomic E-state index is 0.211. The van der Waals surface area contributed by atoms with Crippen molar-refractivity contribution >= 4 is 35.2 Å². The van der Waals surface area contributed by atoms with E-state index >= 15 is 0 Å². The fourth-order valence-corrected chi connectivity index (χ4v) is 1.74. The predicted molar refractivity (Wildman–Crippen MR) is 81.2 cm³/mol. The predicted octanol–water partition coefficient (Wildman–Crippen LogP) is 5.04. The maximum atomic E-state index is 13.6. The van der Waals surface area contributed by atoms with Crippen LogP contribution in [0, 0.1) is 12.7 Å². The molecule has 0 saturated carbocycles. The minimum atomic E-state index is -0.400. The van der Waals surface area contributed by atoms with Crippen molar-refractivity contribution in [2.75, 3.05) is 0 Å². The van der Waals surface area contributed by atoms with Gasteiger partial charge in [0.05, 0.1) is 5.16 Å². The molecule has 0 radical (unpaired) electrons. The average Bonchev–Trinajstić information content (AvgIpc) is 2.41. The number of rotatable bonds is 3. The molecule has 94 valence electrons. The lowest BCUT2D eigenvalue weighted by Crippen LogP contribution is -1.79. The van der Waals surface area contributed by atoms with E-state index in [-0.39, 0.29) is 5.69 Å². The van der Waals surface area contributed by atoms with Gasteiger partial charge in [-0.1, -0.05) is 48.0 Å². The summed E-state index contributed by atoms with van der Waals surface area (Å²) in [5.74, 6) is -0.400. The van der Waals surface area contributed by atoms with Gasteiger partial charge in [-0.15, -0.1) is 0 Å². The number of benzene rings is 2. The number of thiocarbonyl (C=S) groups is 1. The Bertz CT molecular complexity index is 653. The summed E-state index contributed by atoms with van der Waals surface area (Å²) in [4.78, 5) is 3.64. The molecule has 0 spiro atoms. The van der Waals surface area contributed by atoms with E-state index in [9.17, 15) is 4.39 Å². The Kier molecular flexibility index (Phi) is 4.35. The molecule has 1 nitrogen and oxygen atoms in total. The van der Waals surface area contributed by atoms with E-state index < -0.39 is 5.82 Å². The molecule has 0 aliphatic carbocycles. The first-order chi connectivity index (χ1) is 9.19. The van der Waals surface area contributed by atoms with Crippen molar-refractivity contribution in [2.24, 2.45) is 4.99 Å². The van der Waals surface area contributed by atoms with Crippen LogP contribution in [0.15, 0.2) is 47.5 Å². The normalized spacial score (nSPS) is 10.4. The molecule has 0 aromatic heterocycles. The summed E-state index contributed by atoms with van der Waals surface area (Å²) in [6.45, 7) is 2.04. The SMILES string of the molecule is Cc1ccc(C=Cc2ccc(N=C=S)c(F)c2)cc1. The zero-order chi connectivity index (χ0) is 13.7. The number of isothiocyanates is 1. The van der Waals surface area contributed by atoms with Gasteiger partial charge in [-0.3, -0.25) is 0 Å². The lowest BCUT2D eigenvalue weighted by molar-refractivity contribution is 0.630. The lowest BCUT2D eigenvalue weighted by atomic mass is 10.1. The smallest absolute Gasteiger partial charge is 0.150 e. The summed E-state index contributed by atoms with van der Waals surface area (Å²) in [6.07, 6.45) is 3.80. The van der Waals surface area contributed by atoms with Crippen LogP contribution in [0.2, 0.25) is 0 Å². The number of hydrogen-bond acceptors (Lipinski definition) is 2. The van der Waals surface area contributed by atoms with Crippen LogP contribution in [0.5, 0.6) is 0 Å². The van der Waals surface area contributed by atoms with Crippen LogP contribution in [-0.2, 0) is 0 Å². The molecule has 0 aliphatic rings. The summed E-state index contributed by atoms with van der Waals surface area (Å²) >= 11 is 4.45. The van der Waals surface area contributed by atoms with Gasteiger partial charge in [0.1, 0.15) is 11.5 Å². The van der Waals surface area contributed by atoms with Crippen molar-refractivity contribution in [3.63, 3.8) is 0 Å². The van der Waals surface area contributed by atoms with E-state index in [0.29, 0.717) is 0 Å². The maximum absolute atomic E-state index is 13.6. The van der Waals surface area contributed by atoms with E-state index in [4.69, 9.17) is 0 Å². The van der Waals surface area contributed by atoms with Gasteiger partial charge in [-0.2, -0.15) is 4.99 Å². The van der Waals surface area contributed by atoms with E-state index in [0.717, 1.165) is 11.1 Å². The lowest BCUT2D eigenvalue weighted by Gasteiger charge is -1.98. The van der Waals surface area contributed by atoms with E-state index in [1.807, 2.05) is 43.3 Å². The van der Waals surface area contributed by atoms with Crippen LogP contribution in [0.4, 0.5) is 10.1 Å². The molecule has 0 fully saturated rings. The van der Waals surface area contributed by atoms with Crippen molar-refractivity contribution < 1.29 is 4.39 Å². The van der Waals surface area contributed by atoms with Crippen molar-refractivity contribution in [3.8, 4) is 0 Å². The second-order valence-corrected chi connectivity index (χ2v) is 4.34. The fourth-order valence-electron chi connectivity index (χ4n) is 1.64. The molecule has 0 N–H and O–H groups in total. The van der Waals surface area contributed by atoms with Gasteiger partial charge in [-0.05, 0) is 42.4 Å². The molecule has 2 aromatic carbocycles. The molecule has 19 heavy (non-hydrogen) atoms. The van der Waals surface area contributed by atoms with E-state index in [1.54, 1.807) is 12.1 Å². The average molecular weight is 269 g/mol. The van der Waals surface area contributed by atoms with Crippen LogP contribution in [-0.4, -0.2) is 5.16 Å². The van der Waals surface area contributed by atoms with Gasteiger partial charge in [0.2, 0.25) is 0 Å². The Hall–Kier alpha value is -2.09. The van der Waals surface area contributed by atoms with E-state index in [2.05, 4.69) is 22.4 Å². The third-order valence-corrected chi connectivity index (χ3v) is 2.77. The highest BCUT2D eigenvalue weighted by atomic mass is 32.1. The molecular formula is C16H12FNS. The Balaban J connectivity index is 2.21. The molecule has 0 amide bonds. The molecule has 2 rings (SSSR count). The molecule has 0 atom stereocenters. The van der Waals surface area contributed by atoms with Gasteiger partial charge >= 0.3 is 0 Å². The Morgan fingerprint density at radius 2 is 1.68 bits per heavy atom. The Morgan fingerprint density at radius 3 is 2.32 bits per heavy atom. The third-order valence-electron chi connectivity index (χ3n) is 2.68. The maximum Gasteiger partial charge on any atom is 0.150 e. The van der Waals surface area contributed by atoms with Crippen molar-refractivity contribution in [2.45, 2.75) is 6.92 Å². The monoisotopic (exact) mass is 269 g/mol. The van der Waals surface area contributed by atoms with Crippen LogP contribution in [0.1, 0.15) is 16.7 Å². The zero-order valence-corrected chi connectivity index (χ0v) is 11.2. The third kappa shape index (κ3) is 3.68. The summed E-state index contributed by atoms with van der Waals surface area (Å²) < 4.78 is 13.6. The van der Waals surface area contributed by atoms with Crippen molar-refractivity contribution in [1.29, 1.82) is 0 Å². The Labute approximate surface area is 117 Å². The second kappa shape index (κ2) is 6.19. The number of nitrogens with zero attached hydrogens (tertiary/aromatic N) is 1. The van der Waals surface area contributed by atoms with Crippen LogP contribution < -0.4 is 0 Å². The highest BCUT2D eigenvalue weighted by molar-refractivity contribution is 7.78. The standard InChI is InChI=1S/C16H12FNS/c1-12-2-4-13(5-3-12)6-7-14-8-9-16(18-11-19)15(17)10-14/h2-10H,1H3. The minimum Gasteiger partial charge on any atom is -0.205 e. The van der Waals surface area contributed by atoms with Crippen LogP contribution in [0.25, 0.3) is 12.2 Å². The zero-order valence-electron chi connectivity index (χ0n) is 10.4. The number of aryl methyl sites for hydroxylation is 1. The number of hydrogen-bond donors (Lipinski definition) is 0. The van der Waals surface area contributed by atoms with Crippen molar-refractivity contribution in [1.82, 2.24) is 0 Å². The first-order valence-corrected chi connectivity index (χ1v) is 6.22. The highest BCUT2D eigenvalue weighted by Gasteiger charge is 2.00. The molecule has 0 aliphatic heterocycles. The summed E-state index contributed by atoms with van der Waals surface area (Å²) in [6, 6.07) is 12.9. The van der Waals surface area contributed by atoms with Gasteiger partial charge in [-0.25, -0.2) is 4.39 Å². The first-order valence-electron chi connectivity index (χ1n) is 5.81.